The van der Waals surface area contributed by atoms with Crippen LogP contribution in [-0.2, 0) is 70.2 Å². The van der Waals surface area contributed by atoms with E-state index in [1.165, 1.54) is 0 Å². The molecule has 0 heterocycles. The molecule has 1 amide bonds. The fourth-order valence-electron chi connectivity index (χ4n) is 1.15. The van der Waals surface area contributed by atoms with Crippen LogP contribution in [0.25, 0.3) is 5.73 Å². The summed E-state index contributed by atoms with van der Waals surface area (Å²) < 4.78 is 4.82. The van der Waals surface area contributed by atoms with Crippen molar-refractivity contribution in [2.75, 3.05) is 18.4 Å². The van der Waals surface area contributed by atoms with E-state index >= 15 is 0 Å². The van der Waals surface area contributed by atoms with Crippen LogP contribution in [0.5, 0.6) is 0 Å². The Hall–Kier alpha value is -0.102. The van der Waals surface area contributed by atoms with Crippen LogP contribution in [0.2, 0.25) is 0 Å². The summed E-state index contributed by atoms with van der Waals surface area (Å²) in [7, 11) is 0. The van der Waals surface area contributed by atoms with Gasteiger partial charge in [-0.25, -0.2) is 4.79 Å². The van der Waals surface area contributed by atoms with Crippen LogP contribution in [0.15, 0.2) is 21.4 Å². The maximum absolute atomic E-state index is 11.1. The van der Waals surface area contributed by atoms with E-state index < -0.39 is 17.0 Å². The molecule has 0 unspecified atom stereocenters. The van der Waals surface area contributed by atoms with Gasteiger partial charge in [-0.3, -0.25) is 9.59 Å². The monoisotopic (exact) mass is 490 g/mol. The molecule has 24 heavy (non-hydrogen) atoms. The van der Waals surface area contributed by atoms with Gasteiger partial charge in [-0.2, -0.15) is 0 Å². The molecule has 0 saturated carbocycles. The Bertz CT molecular complexity index is 553. The van der Waals surface area contributed by atoms with Crippen molar-refractivity contribution in [2.24, 2.45) is 0 Å². The summed E-state index contributed by atoms with van der Waals surface area (Å²) in [5.41, 5.74) is 5.39. The number of nitrogens with one attached hydrogen (secondary N) is 3. The van der Waals surface area contributed by atoms with Gasteiger partial charge in [-0.1, -0.05) is 33.4 Å². The third kappa shape index (κ3) is 11.5. The van der Waals surface area contributed by atoms with Crippen molar-refractivity contribution >= 4 is 17.5 Å². The van der Waals surface area contributed by atoms with Gasteiger partial charge in [0.15, 0.2) is 0 Å². The minimum absolute atomic E-state index is 0. The van der Waals surface area contributed by atoms with Gasteiger partial charge in [-0.05, 0) is 19.9 Å². The molecular weight excluding hydrogens is 464 g/mol. The van der Waals surface area contributed by atoms with Gasteiger partial charge in [-0.15, -0.1) is 0 Å². The number of ether oxygens (including phenoxy) is 1. The van der Waals surface area contributed by atoms with E-state index in [9.17, 15) is 14.4 Å². The summed E-state index contributed by atoms with van der Waals surface area (Å²) in [6, 6.07) is 0. The second-order valence-corrected chi connectivity index (χ2v) is 3.55. The maximum atomic E-state index is 11.1. The summed E-state index contributed by atoms with van der Waals surface area (Å²) in [6.07, 6.45) is 1.05. The number of carbonyl (C=O) groups is 1. The number of hydrogen-bond donors (Lipinski definition) is 2. The molecule has 2 radical (unpaired) electrons. The summed E-state index contributed by atoms with van der Waals surface area (Å²) in [6.45, 7) is 11.8. The van der Waals surface area contributed by atoms with Crippen LogP contribution in [0.1, 0.15) is 41.5 Å². The fourth-order valence-corrected chi connectivity index (χ4v) is 1.15. The molecule has 0 bridgehead atoms. The third-order valence-electron chi connectivity index (χ3n) is 2.27. The summed E-state index contributed by atoms with van der Waals surface area (Å²) >= 11 is 0. The second kappa shape index (κ2) is 19.2. The zero-order valence-corrected chi connectivity index (χ0v) is 21.0. The first-order chi connectivity index (χ1) is 10.5. The molecule has 0 aromatic heterocycles. The number of anilines is 1. The summed E-state index contributed by atoms with van der Waals surface area (Å²) in [5, 5.41) is 5.06. The van der Waals surface area contributed by atoms with E-state index in [2.05, 4.69) is 10.6 Å². The van der Waals surface area contributed by atoms with Crippen molar-refractivity contribution in [1.29, 1.82) is 0 Å². The molecule has 0 aliphatic carbocycles. The van der Waals surface area contributed by atoms with E-state index in [0.717, 1.165) is 0 Å². The Labute approximate surface area is 194 Å². The number of hydrogen-bond acceptors (Lipinski definition) is 5. The molecule has 132 valence electrons. The summed E-state index contributed by atoms with van der Waals surface area (Å²) in [4.78, 5) is 32.9. The van der Waals surface area contributed by atoms with Crippen LogP contribution >= 0.6 is 0 Å². The Morgan fingerprint density at radius 2 is 1.58 bits per heavy atom. The largest absolute Gasteiger partial charge is 0.694 e. The molecule has 0 fully saturated rings. The average molecular weight is 490 g/mol. The first-order valence-electron chi connectivity index (χ1n) is 7.34. The Morgan fingerprint density at radius 1 is 1.08 bits per heavy atom. The van der Waals surface area contributed by atoms with Crippen molar-refractivity contribution < 1.29 is 74.9 Å². The number of rotatable bonds is 5. The quantitative estimate of drug-likeness (QED) is 0.375. The van der Waals surface area contributed by atoms with Crippen molar-refractivity contribution in [2.45, 2.75) is 41.5 Å². The first kappa shape index (κ1) is 31.6. The molecule has 0 aliphatic rings. The molecule has 1 rings (SSSR count). The van der Waals surface area contributed by atoms with Crippen LogP contribution in [-0.4, -0.2) is 19.2 Å². The van der Waals surface area contributed by atoms with Crippen molar-refractivity contribution in [3.05, 3.63) is 38.0 Å². The molecule has 7 nitrogen and oxygen atoms in total. The van der Waals surface area contributed by atoms with Gasteiger partial charge in [0.05, 0.1) is 5.69 Å². The zero-order chi connectivity index (χ0) is 17.7. The van der Waals surface area contributed by atoms with E-state index in [0.29, 0.717) is 5.76 Å². The normalized spacial score (nSPS) is 9.00. The smallest absolute Gasteiger partial charge is 0.412 e. The minimum atomic E-state index is -0.784. The standard InChI is InChI=1S/C11H15N3O4.2C2H6.2Y/c1-3-6(2)18-11(17)14-5-4-13-8-7(12)9(15)10(8)16;2*1-2;;/h3H,4-5H2,1-2H3,(H4,12,13,14,15,16,17);2*1-2H3;;/p-1/b6-3+;;;;. The Morgan fingerprint density at radius 3 is 2.00 bits per heavy atom. The van der Waals surface area contributed by atoms with E-state index in [1.54, 1.807) is 19.9 Å². The van der Waals surface area contributed by atoms with Crippen molar-refractivity contribution in [1.82, 2.24) is 5.32 Å². The van der Waals surface area contributed by atoms with Gasteiger partial charge in [0.25, 0.3) is 0 Å². The van der Waals surface area contributed by atoms with Crippen LogP contribution in [0, 0.1) is 0 Å². The van der Waals surface area contributed by atoms with Gasteiger partial charge < -0.3 is 21.1 Å². The number of amides is 1. The van der Waals surface area contributed by atoms with Crippen LogP contribution < -0.4 is 21.5 Å². The predicted octanol–water partition coefficient (Wildman–Crippen LogP) is 3.08. The van der Waals surface area contributed by atoms with Gasteiger partial charge >= 0.3 is 6.09 Å². The maximum Gasteiger partial charge on any atom is 0.412 e. The third-order valence-corrected chi connectivity index (χ3v) is 2.27. The van der Waals surface area contributed by atoms with E-state index in [4.69, 9.17) is 10.5 Å². The van der Waals surface area contributed by atoms with Crippen LogP contribution in [0.4, 0.5) is 16.2 Å². The first-order valence-corrected chi connectivity index (χ1v) is 7.34. The van der Waals surface area contributed by atoms with Gasteiger partial charge in [0.2, 0.25) is 10.9 Å². The van der Waals surface area contributed by atoms with E-state index in [1.807, 2.05) is 27.7 Å². The second-order valence-electron chi connectivity index (χ2n) is 3.55. The number of alkyl carbamates (subject to hydrolysis) is 1. The van der Waals surface area contributed by atoms with Gasteiger partial charge in [0.1, 0.15) is 5.76 Å². The van der Waals surface area contributed by atoms with Crippen molar-refractivity contribution in [3.8, 4) is 0 Å². The fraction of sp³-hybridized carbons (Fsp3) is 0.533. The van der Waals surface area contributed by atoms with Gasteiger partial charge in [0, 0.05) is 78.5 Å². The molecule has 0 saturated heterocycles. The molecular formula is C15H26N3O4Y2-. The van der Waals surface area contributed by atoms with E-state index in [-0.39, 0.29) is 89.9 Å². The SMILES string of the molecule is C/C=C(\C)OC(=O)NCCNc1c([NH-])c(=O)c1=O.CC.CC.[Y].[Y]. The molecule has 9 heteroatoms. The topological polar surface area (TPSA) is 108 Å². The molecule has 1 aromatic carbocycles. The van der Waals surface area contributed by atoms with Crippen molar-refractivity contribution in [3.63, 3.8) is 0 Å². The predicted molar refractivity (Wildman–Crippen MR) is 90.4 cm³/mol. The Kier molecular flexibility index (Phi) is 25.4. The number of carbonyl (C=O) groups excluding carboxylic acids is 1. The molecule has 3 N–H and O–H groups in total. The molecule has 1 aromatic rings. The Balaban J connectivity index is -0.000000309. The molecule has 0 aliphatic heterocycles. The average Bonchev–Trinajstić information content (AvgIpc) is 2.57. The number of allylic oxidation sites excluding steroid dienone is 2. The molecule has 0 spiro atoms. The summed E-state index contributed by atoms with van der Waals surface area (Å²) in [5.74, 6) is 0.483. The minimum Gasteiger partial charge on any atom is -0.694 e. The molecule has 0 atom stereocenters. The van der Waals surface area contributed by atoms with Crippen LogP contribution in [0.3, 0.4) is 0 Å². The zero-order valence-electron chi connectivity index (χ0n) is 15.3.